The molecular formula is C23H24N4O2. The molecule has 4 rings (SSSR count). The van der Waals surface area contributed by atoms with Gasteiger partial charge in [-0.3, -0.25) is 4.79 Å². The fourth-order valence-corrected chi connectivity index (χ4v) is 3.28. The van der Waals surface area contributed by atoms with E-state index in [2.05, 4.69) is 20.6 Å². The van der Waals surface area contributed by atoms with E-state index in [9.17, 15) is 4.79 Å². The van der Waals surface area contributed by atoms with Crippen molar-refractivity contribution in [3.05, 3.63) is 66.4 Å². The van der Waals surface area contributed by atoms with E-state index in [1.807, 2.05) is 54.6 Å². The Morgan fingerprint density at radius 1 is 0.897 bits per heavy atom. The number of aromatic nitrogens is 2. The average molecular weight is 388 g/mol. The van der Waals surface area contributed by atoms with Crippen LogP contribution < -0.4 is 10.6 Å². The van der Waals surface area contributed by atoms with Crippen LogP contribution in [0, 0.1) is 0 Å². The van der Waals surface area contributed by atoms with E-state index in [0.717, 1.165) is 47.5 Å². The number of nitrogens with one attached hydrogen (secondary N) is 2. The molecule has 0 unspecified atom stereocenters. The zero-order valence-corrected chi connectivity index (χ0v) is 16.2. The number of carbonyl (C=O) groups is 1. The van der Waals surface area contributed by atoms with Gasteiger partial charge < -0.3 is 15.4 Å². The molecule has 29 heavy (non-hydrogen) atoms. The van der Waals surface area contributed by atoms with Crippen LogP contribution in [0.15, 0.2) is 60.8 Å². The van der Waals surface area contributed by atoms with E-state index in [0.29, 0.717) is 25.6 Å². The minimum atomic E-state index is 0.0297. The van der Waals surface area contributed by atoms with Crippen molar-refractivity contribution in [2.24, 2.45) is 0 Å². The molecule has 1 aromatic heterocycles. The summed E-state index contributed by atoms with van der Waals surface area (Å²) in [7, 11) is 0. The lowest BCUT2D eigenvalue weighted by Crippen LogP contribution is -2.11. The third-order valence-electron chi connectivity index (χ3n) is 4.74. The number of amides is 1. The molecule has 1 aliphatic rings. The number of carbonyl (C=O) groups excluding carboxylic acids is 1. The molecule has 0 spiro atoms. The Kier molecular flexibility index (Phi) is 6.12. The summed E-state index contributed by atoms with van der Waals surface area (Å²) in [5.41, 5.74) is 4.50. The van der Waals surface area contributed by atoms with E-state index in [-0.39, 0.29) is 5.91 Å². The lowest BCUT2D eigenvalue weighted by Gasteiger charge is -2.09. The Morgan fingerprint density at radius 3 is 2.69 bits per heavy atom. The van der Waals surface area contributed by atoms with Crippen LogP contribution in [-0.2, 0) is 16.1 Å². The van der Waals surface area contributed by atoms with Crippen molar-refractivity contribution in [1.82, 2.24) is 9.97 Å². The highest BCUT2D eigenvalue weighted by Gasteiger charge is 2.07. The van der Waals surface area contributed by atoms with Crippen molar-refractivity contribution in [3.8, 4) is 11.3 Å². The first-order valence-corrected chi connectivity index (χ1v) is 9.93. The largest absolute Gasteiger partial charge is 0.377 e. The molecule has 2 N–H and O–H groups in total. The SMILES string of the molecule is O=C1CCCCCOCc2cccc(c2)Nc2nccc(n2)-c2cccc(c2)N1. The van der Waals surface area contributed by atoms with Gasteiger partial charge in [-0.15, -0.1) is 0 Å². The number of hydrogen-bond acceptors (Lipinski definition) is 5. The molecular weight excluding hydrogens is 364 g/mol. The van der Waals surface area contributed by atoms with Gasteiger partial charge in [0.2, 0.25) is 11.9 Å². The molecule has 6 heteroatoms. The van der Waals surface area contributed by atoms with Gasteiger partial charge in [0.1, 0.15) is 0 Å². The molecule has 0 aliphatic carbocycles. The van der Waals surface area contributed by atoms with Gasteiger partial charge in [-0.2, -0.15) is 0 Å². The highest BCUT2D eigenvalue weighted by atomic mass is 16.5. The predicted octanol–water partition coefficient (Wildman–Crippen LogP) is 4.92. The van der Waals surface area contributed by atoms with Gasteiger partial charge in [-0.25, -0.2) is 9.97 Å². The normalized spacial score (nSPS) is 15.2. The van der Waals surface area contributed by atoms with Crippen LogP contribution in [0.2, 0.25) is 0 Å². The highest BCUT2D eigenvalue weighted by molar-refractivity contribution is 5.91. The Morgan fingerprint density at radius 2 is 1.76 bits per heavy atom. The summed E-state index contributed by atoms with van der Waals surface area (Å²) in [5.74, 6) is 0.551. The van der Waals surface area contributed by atoms with Crippen LogP contribution in [-0.4, -0.2) is 22.5 Å². The Bertz CT molecular complexity index is 990. The molecule has 148 valence electrons. The Hall–Kier alpha value is -3.25. The van der Waals surface area contributed by atoms with Gasteiger partial charge in [0, 0.05) is 36.2 Å². The van der Waals surface area contributed by atoms with Gasteiger partial charge in [0.15, 0.2) is 0 Å². The van der Waals surface area contributed by atoms with Crippen LogP contribution in [0.3, 0.4) is 0 Å². The monoisotopic (exact) mass is 388 g/mol. The second-order valence-corrected chi connectivity index (χ2v) is 7.08. The number of nitrogens with zero attached hydrogens (tertiary/aromatic N) is 2. The van der Waals surface area contributed by atoms with Crippen LogP contribution in [0.1, 0.15) is 31.2 Å². The third kappa shape index (κ3) is 5.39. The fraction of sp³-hybridized carbons (Fsp3) is 0.261. The van der Waals surface area contributed by atoms with Gasteiger partial charge in [0.05, 0.1) is 12.3 Å². The average Bonchev–Trinajstić information content (AvgIpc) is 2.73. The van der Waals surface area contributed by atoms with Gasteiger partial charge >= 0.3 is 0 Å². The molecule has 1 amide bonds. The summed E-state index contributed by atoms with van der Waals surface area (Å²) in [6, 6.07) is 17.7. The van der Waals surface area contributed by atoms with Crippen molar-refractivity contribution in [2.75, 3.05) is 17.2 Å². The molecule has 0 atom stereocenters. The second kappa shape index (κ2) is 9.30. The lowest BCUT2D eigenvalue weighted by atomic mass is 10.1. The van der Waals surface area contributed by atoms with Gasteiger partial charge in [-0.05, 0) is 48.7 Å². The molecule has 1 aliphatic heterocycles. The minimum absolute atomic E-state index is 0.0297. The van der Waals surface area contributed by atoms with Gasteiger partial charge in [0.25, 0.3) is 0 Å². The quantitative estimate of drug-likeness (QED) is 0.572. The van der Waals surface area contributed by atoms with Crippen LogP contribution in [0.5, 0.6) is 0 Å². The number of ether oxygens (including phenoxy) is 1. The third-order valence-corrected chi connectivity index (χ3v) is 4.74. The maximum absolute atomic E-state index is 12.2. The first-order valence-electron chi connectivity index (χ1n) is 9.93. The maximum atomic E-state index is 12.2. The predicted molar refractivity (Wildman–Crippen MR) is 114 cm³/mol. The maximum Gasteiger partial charge on any atom is 0.227 e. The van der Waals surface area contributed by atoms with Crippen molar-refractivity contribution in [2.45, 2.75) is 32.3 Å². The van der Waals surface area contributed by atoms with Gasteiger partial charge in [-0.1, -0.05) is 30.7 Å². The summed E-state index contributed by atoms with van der Waals surface area (Å²) in [5, 5.41) is 6.24. The summed E-state index contributed by atoms with van der Waals surface area (Å²) in [6.45, 7) is 1.25. The smallest absolute Gasteiger partial charge is 0.227 e. The first kappa shape index (κ1) is 19.1. The number of hydrogen-bond donors (Lipinski definition) is 2. The van der Waals surface area contributed by atoms with E-state index in [4.69, 9.17) is 4.74 Å². The van der Waals surface area contributed by atoms with Crippen LogP contribution >= 0.6 is 0 Å². The Balaban J connectivity index is 1.63. The fourth-order valence-electron chi connectivity index (χ4n) is 3.28. The minimum Gasteiger partial charge on any atom is -0.377 e. The lowest BCUT2D eigenvalue weighted by molar-refractivity contribution is -0.116. The molecule has 3 aromatic rings. The zero-order valence-electron chi connectivity index (χ0n) is 16.2. The summed E-state index contributed by atoms with van der Waals surface area (Å²) in [6.07, 6.45) is 5.00. The van der Waals surface area contributed by atoms with Crippen LogP contribution in [0.4, 0.5) is 17.3 Å². The van der Waals surface area contributed by atoms with Crippen molar-refractivity contribution in [3.63, 3.8) is 0 Å². The molecule has 0 radical (unpaired) electrons. The molecule has 0 fully saturated rings. The van der Waals surface area contributed by atoms with E-state index >= 15 is 0 Å². The summed E-state index contributed by atoms with van der Waals surface area (Å²) >= 11 is 0. The van der Waals surface area contributed by atoms with E-state index in [1.165, 1.54) is 0 Å². The summed E-state index contributed by atoms with van der Waals surface area (Å²) < 4.78 is 5.78. The zero-order chi connectivity index (χ0) is 19.9. The van der Waals surface area contributed by atoms with E-state index in [1.54, 1.807) is 6.20 Å². The van der Waals surface area contributed by atoms with Crippen molar-refractivity contribution < 1.29 is 9.53 Å². The molecule has 0 saturated heterocycles. The molecule has 6 nitrogen and oxygen atoms in total. The molecule has 6 bridgehead atoms. The Labute approximate surface area is 170 Å². The number of benzene rings is 2. The first-order chi connectivity index (χ1) is 14.3. The number of anilines is 3. The van der Waals surface area contributed by atoms with Crippen molar-refractivity contribution >= 4 is 23.2 Å². The number of fused-ring (bicyclic) bond motifs is 7. The van der Waals surface area contributed by atoms with Crippen LogP contribution in [0.25, 0.3) is 11.3 Å². The molecule has 2 heterocycles. The standard InChI is InChI=1S/C23H24N4O2/c28-22-10-2-1-3-13-29-16-17-6-4-8-19(14-17)26-23-24-12-11-21(27-23)18-7-5-9-20(15-18)25-22/h4-9,11-12,14-15H,1-3,10,13,16H2,(H,25,28)(H,24,26,27). The van der Waals surface area contributed by atoms with E-state index < -0.39 is 0 Å². The number of rotatable bonds is 0. The highest BCUT2D eigenvalue weighted by Crippen LogP contribution is 2.23. The second-order valence-electron chi connectivity index (χ2n) is 7.08. The molecule has 0 saturated carbocycles. The topological polar surface area (TPSA) is 76.1 Å². The summed E-state index contributed by atoms with van der Waals surface area (Å²) in [4.78, 5) is 21.2. The molecule has 2 aromatic carbocycles. The van der Waals surface area contributed by atoms with Crippen molar-refractivity contribution in [1.29, 1.82) is 0 Å².